The van der Waals surface area contributed by atoms with Crippen molar-refractivity contribution in [2.24, 2.45) is 5.92 Å². The Labute approximate surface area is 131 Å². The zero-order chi connectivity index (χ0) is 14.7. The summed E-state index contributed by atoms with van der Waals surface area (Å²) in [4.78, 5) is 15.3. The van der Waals surface area contributed by atoms with Crippen LogP contribution < -0.4 is 0 Å². The van der Waals surface area contributed by atoms with E-state index >= 15 is 0 Å². The second-order valence-corrected chi connectivity index (χ2v) is 7.55. The third-order valence-corrected chi connectivity index (χ3v) is 6.10. The number of Topliss-reactive ketones (excluding diaryl/α,β-unsaturated/α-hetero) is 1. The SMILES string of the molecule is O=C(CCCN1CCC2(O)CCCCC2C1)c1cccs1. The van der Waals surface area contributed by atoms with Crippen LogP contribution in [0.4, 0.5) is 0 Å². The van der Waals surface area contributed by atoms with Crippen LogP contribution in [0.1, 0.15) is 54.6 Å². The van der Waals surface area contributed by atoms with Gasteiger partial charge in [0.15, 0.2) is 5.78 Å². The maximum Gasteiger partial charge on any atom is 0.172 e. The summed E-state index contributed by atoms with van der Waals surface area (Å²) in [5.41, 5.74) is -0.387. The molecule has 21 heavy (non-hydrogen) atoms. The van der Waals surface area contributed by atoms with Gasteiger partial charge in [0, 0.05) is 25.4 Å². The van der Waals surface area contributed by atoms with Crippen LogP contribution in [0.5, 0.6) is 0 Å². The molecule has 4 heteroatoms. The Bertz CT molecular complexity index is 473. The van der Waals surface area contributed by atoms with Gasteiger partial charge in [-0.3, -0.25) is 4.79 Å². The molecule has 116 valence electrons. The topological polar surface area (TPSA) is 40.5 Å². The molecule has 0 bridgehead atoms. The molecule has 2 atom stereocenters. The molecule has 2 heterocycles. The summed E-state index contributed by atoms with van der Waals surface area (Å²) < 4.78 is 0. The fourth-order valence-corrected chi connectivity index (χ4v) is 4.56. The molecule has 1 saturated carbocycles. The van der Waals surface area contributed by atoms with E-state index in [1.54, 1.807) is 0 Å². The van der Waals surface area contributed by atoms with E-state index in [4.69, 9.17) is 0 Å². The average molecular weight is 307 g/mol. The maximum atomic E-state index is 12.0. The van der Waals surface area contributed by atoms with E-state index in [0.29, 0.717) is 12.3 Å². The van der Waals surface area contributed by atoms with Gasteiger partial charge in [0.05, 0.1) is 10.5 Å². The van der Waals surface area contributed by atoms with Crippen LogP contribution >= 0.6 is 11.3 Å². The molecule has 0 amide bonds. The number of ketones is 1. The first-order chi connectivity index (χ1) is 10.2. The van der Waals surface area contributed by atoms with Crippen molar-refractivity contribution in [3.8, 4) is 0 Å². The summed E-state index contributed by atoms with van der Waals surface area (Å²) in [6.45, 7) is 2.99. The summed E-state index contributed by atoms with van der Waals surface area (Å²) in [5, 5.41) is 12.6. The highest BCUT2D eigenvalue weighted by molar-refractivity contribution is 7.12. The Kier molecular flexibility index (Phi) is 4.77. The molecule has 1 aliphatic heterocycles. The Hall–Kier alpha value is -0.710. The molecule has 0 radical (unpaired) electrons. The molecule has 2 unspecified atom stereocenters. The van der Waals surface area contributed by atoms with Crippen molar-refractivity contribution in [1.29, 1.82) is 0 Å². The van der Waals surface area contributed by atoms with Gasteiger partial charge >= 0.3 is 0 Å². The Morgan fingerprint density at radius 3 is 3.14 bits per heavy atom. The van der Waals surface area contributed by atoms with Gasteiger partial charge in [-0.25, -0.2) is 0 Å². The Balaban J connectivity index is 1.43. The summed E-state index contributed by atoms with van der Waals surface area (Å²) in [5.74, 6) is 0.726. The van der Waals surface area contributed by atoms with Crippen LogP contribution in [0.15, 0.2) is 17.5 Å². The summed E-state index contributed by atoms with van der Waals surface area (Å²) >= 11 is 1.54. The molecule has 2 fully saturated rings. The molecular weight excluding hydrogens is 282 g/mol. The number of carbonyl (C=O) groups excluding carboxylic acids is 1. The molecule has 1 saturated heterocycles. The lowest BCUT2D eigenvalue weighted by Crippen LogP contribution is -2.53. The fourth-order valence-electron chi connectivity index (χ4n) is 3.87. The van der Waals surface area contributed by atoms with Gasteiger partial charge in [-0.05, 0) is 43.7 Å². The highest BCUT2D eigenvalue weighted by Gasteiger charge is 2.42. The number of rotatable bonds is 5. The minimum absolute atomic E-state index is 0.274. The van der Waals surface area contributed by atoms with E-state index in [1.807, 2.05) is 17.5 Å². The lowest BCUT2D eigenvalue weighted by atomic mass is 9.71. The van der Waals surface area contributed by atoms with Gasteiger partial charge in [0.25, 0.3) is 0 Å². The van der Waals surface area contributed by atoms with Gasteiger partial charge in [0.2, 0.25) is 0 Å². The van der Waals surface area contributed by atoms with Gasteiger partial charge in [-0.1, -0.05) is 18.9 Å². The molecule has 1 N–H and O–H groups in total. The molecule has 1 aromatic rings. The molecule has 1 aromatic heterocycles. The molecule has 3 nitrogen and oxygen atoms in total. The first-order valence-electron chi connectivity index (χ1n) is 8.19. The number of piperidine rings is 1. The quantitative estimate of drug-likeness (QED) is 0.848. The predicted molar refractivity (Wildman–Crippen MR) is 85.8 cm³/mol. The Morgan fingerprint density at radius 2 is 2.33 bits per heavy atom. The van der Waals surface area contributed by atoms with Gasteiger partial charge in [-0.2, -0.15) is 0 Å². The zero-order valence-corrected chi connectivity index (χ0v) is 13.4. The van der Waals surface area contributed by atoms with E-state index < -0.39 is 0 Å². The number of thiophene rings is 1. The van der Waals surface area contributed by atoms with Crippen LogP contribution in [0, 0.1) is 5.92 Å². The smallest absolute Gasteiger partial charge is 0.172 e. The zero-order valence-electron chi connectivity index (χ0n) is 12.6. The van der Waals surface area contributed by atoms with E-state index in [0.717, 1.165) is 43.8 Å². The molecule has 1 aliphatic carbocycles. The average Bonchev–Trinajstić information content (AvgIpc) is 3.01. The fraction of sp³-hybridized carbons (Fsp3) is 0.706. The third-order valence-electron chi connectivity index (χ3n) is 5.19. The van der Waals surface area contributed by atoms with E-state index in [2.05, 4.69) is 4.90 Å². The molecular formula is C17H25NO2S. The Morgan fingerprint density at radius 1 is 1.43 bits per heavy atom. The summed E-state index contributed by atoms with van der Waals surface area (Å²) in [6.07, 6.45) is 7.09. The van der Waals surface area contributed by atoms with Gasteiger partial charge in [0.1, 0.15) is 0 Å². The van der Waals surface area contributed by atoms with E-state index in [-0.39, 0.29) is 11.4 Å². The first-order valence-corrected chi connectivity index (χ1v) is 9.07. The van der Waals surface area contributed by atoms with Crippen molar-refractivity contribution in [2.75, 3.05) is 19.6 Å². The van der Waals surface area contributed by atoms with Crippen molar-refractivity contribution < 1.29 is 9.90 Å². The standard InChI is InChI=1S/C17H25NO2S/c19-15(16-7-4-12-21-16)6-3-10-18-11-9-17(20)8-2-1-5-14(17)13-18/h4,7,12,14,20H,1-3,5-6,8-11,13H2. The largest absolute Gasteiger partial charge is 0.390 e. The minimum Gasteiger partial charge on any atom is -0.390 e. The van der Waals surface area contributed by atoms with Gasteiger partial charge < -0.3 is 10.0 Å². The van der Waals surface area contributed by atoms with Crippen molar-refractivity contribution in [3.63, 3.8) is 0 Å². The first kappa shape index (κ1) is 15.2. The number of likely N-dealkylation sites (tertiary alicyclic amines) is 1. The van der Waals surface area contributed by atoms with E-state index in [1.165, 1.54) is 30.6 Å². The molecule has 3 rings (SSSR count). The highest BCUT2D eigenvalue weighted by atomic mass is 32.1. The van der Waals surface area contributed by atoms with Crippen LogP contribution in [-0.2, 0) is 0 Å². The number of aliphatic hydroxyl groups is 1. The maximum absolute atomic E-state index is 12.0. The summed E-state index contributed by atoms with van der Waals surface area (Å²) in [6, 6.07) is 3.85. The van der Waals surface area contributed by atoms with Crippen molar-refractivity contribution >= 4 is 17.1 Å². The van der Waals surface area contributed by atoms with Crippen molar-refractivity contribution in [1.82, 2.24) is 4.90 Å². The molecule has 2 aliphatic rings. The lowest BCUT2D eigenvalue weighted by Gasteiger charge is -2.47. The van der Waals surface area contributed by atoms with Crippen LogP contribution in [0.3, 0.4) is 0 Å². The number of carbonyl (C=O) groups is 1. The monoisotopic (exact) mass is 307 g/mol. The van der Waals surface area contributed by atoms with Crippen LogP contribution in [0.2, 0.25) is 0 Å². The molecule has 0 aromatic carbocycles. The highest BCUT2D eigenvalue weighted by Crippen LogP contribution is 2.39. The number of fused-ring (bicyclic) bond motifs is 1. The van der Waals surface area contributed by atoms with Crippen LogP contribution in [-0.4, -0.2) is 41.0 Å². The molecule has 0 spiro atoms. The minimum atomic E-state index is -0.387. The lowest BCUT2D eigenvalue weighted by molar-refractivity contribution is -0.0952. The number of nitrogens with zero attached hydrogens (tertiary/aromatic N) is 1. The van der Waals surface area contributed by atoms with Gasteiger partial charge in [-0.15, -0.1) is 11.3 Å². The predicted octanol–water partition coefficient (Wildman–Crippen LogP) is 3.34. The number of hydrogen-bond acceptors (Lipinski definition) is 4. The third kappa shape index (κ3) is 3.55. The van der Waals surface area contributed by atoms with Crippen molar-refractivity contribution in [3.05, 3.63) is 22.4 Å². The van der Waals surface area contributed by atoms with E-state index in [9.17, 15) is 9.90 Å². The number of hydrogen-bond donors (Lipinski definition) is 1. The van der Waals surface area contributed by atoms with Crippen molar-refractivity contribution in [2.45, 2.75) is 50.5 Å². The second kappa shape index (κ2) is 6.59. The normalized spacial score (nSPS) is 30.0. The second-order valence-electron chi connectivity index (χ2n) is 6.60. The van der Waals surface area contributed by atoms with Crippen LogP contribution in [0.25, 0.3) is 0 Å². The summed E-state index contributed by atoms with van der Waals surface area (Å²) in [7, 11) is 0.